The molecule has 4 nitrogen and oxygen atoms in total. The summed E-state index contributed by atoms with van der Waals surface area (Å²) in [6.45, 7) is 1.91. The number of phenolic OH excluding ortho intramolecular Hbond substituents is 1. The number of likely N-dealkylation sites (N-methyl/N-ethyl adjacent to an activating group) is 1. The van der Waals surface area contributed by atoms with E-state index in [-0.39, 0.29) is 11.9 Å². The highest BCUT2D eigenvalue weighted by molar-refractivity contribution is 5.64. The van der Waals surface area contributed by atoms with Crippen LogP contribution in [0, 0.1) is 0 Å². The predicted molar refractivity (Wildman–Crippen MR) is 73.3 cm³/mol. The Morgan fingerprint density at radius 2 is 2.05 bits per heavy atom. The second-order valence-corrected chi connectivity index (χ2v) is 4.90. The molecular weight excluding hydrogens is 240 g/mol. The molecule has 1 aliphatic rings. The maximum atomic E-state index is 9.46. The molecule has 0 aliphatic carbocycles. The van der Waals surface area contributed by atoms with Crippen LogP contribution in [0.1, 0.15) is 0 Å². The molecule has 2 heterocycles. The number of pyridine rings is 1. The summed E-state index contributed by atoms with van der Waals surface area (Å²) in [5.41, 5.74) is 1.91. The predicted octanol–water partition coefficient (Wildman–Crippen LogP) is 2.15. The minimum atomic E-state index is 0.254. The molecule has 4 heteroatoms. The van der Waals surface area contributed by atoms with E-state index < -0.39 is 0 Å². The normalized spacial score (nSPS) is 16.1. The molecule has 0 atom stereocenters. The Bertz CT molecular complexity index is 563. The van der Waals surface area contributed by atoms with Crippen LogP contribution in [-0.2, 0) is 0 Å². The lowest BCUT2D eigenvalue weighted by Gasteiger charge is -2.35. The molecule has 1 fully saturated rings. The lowest BCUT2D eigenvalue weighted by atomic mass is 10.1. The maximum absolute atomic E-state index is 9.46. The average molecular weight is 256 g/mol. The van der Waals surface area contributed by atoms with Gasteiger partial charge in [0.2, 0.25) is 5.88 Å². The number of nitrogens with zero attached hydrogens (tertiary/aromatic N) is 2. The highest BCUT2D eigenvalue weighted by atomic mass is 16.5. The zero-order valence-electron chi connectivity index (χ0n) is 10.8. The van der Waals surface area contributed by atoms with Gasteiger partial charge in [-0.05, 0) is 30.8 Å². The first-order valence-corrected chi connectivity index (χ1v) is 6.31. The first-order valence-electron chi connectivity index (χ1n) is 6.31. The molecule has 19 heavy (non-hydrogen) atoms. The van der Waals surface area contributed by atoms with Crippen LogP contribution in [0.15, 0.2) is 42.6 Å². The molecule has 1 aromatic carbocycles. The van der Waals surface area contributed by atoms with Gasteiger partial charge in [-0.2, -0.15) is 0 Å². The monoisotopic (exact) mass is 256 g/mol. The van der Waals surface area contributed by atoms with E-state index in [1.54, 1.807) is 18.3 Å². The number of benzene rings is 1. The Hall–Kier alpha value is -2.07. The Morgan fingerprint density at radius 1 is 1.21 bits per heavy atom. The van der Waals surface area contributed by atoms with Gasteiger partial charge in [-0.1, -0.05) is 12.1 Å². The lowest BCUT2D eigenvalue weighted by molar-refractivity contribution is 0.0356. The van der Waals surface area contributed by atoms with E-state index in [1.165, 1.54) is 0 Å². The highest BCUT2D eigenvalue weighted by Crippen LogP contribution is 2.24. The van der Waals surface area contributed by atoms with E-state index in [4.69, 9.17) is 4.74 Å². The third-order valence-corrected chi connectivity index (χ3v) is 3.23. The summed E-state index contributed by atoms with van der Waals surface area (Å²) >= 11 is 0. The second-order valence-electron chi connectivity index (χ2n) is 4.90. The standard InChI is InChI=1S/C15H16N2O2/c1-17-9-14(10-17)19-15-6-5-12(8-16-15)11-3-2-4-13(18)7-11/h2-8,14,18H,9-10H2,1H3. The molecule has 0 radical (unpaired) electrons. The van der Waals surface area contributed by atoms with Gasteiger partial charge in [0.25, 0.3) is 0 Å². The van der Waals surface area contributed by atoms with Crippen molar-refractivity contribution in [2.75, 3.05) is 20.1 Å². The molecule has 1 saturated heterocycles. The van der Waals surface area contributed by atoms with E-state index in [2.05, 4.69) is 16.9 Å². The van der Waals surface area contributed by atoms with Crippen LogP contribution in [-0.4, -0.2) is 41.2 Å². The van der Waals surface area contributed by atoms with Crippen LogP contribution < -0.4 is 4.74 Å². The minimum absolute atomic E-state index is 0.254. The third-order valence-electron chi connectivity index (χ3n) is 3.23. The van der Waals surface area contributed by atoms with Gasteiger partial charge < -0.3 is 9.84 Å². The Balaban J connectivity index is 1.72. The zero-order valence-corrected chi connectivity index (χ0v) is 10.8. The number of ether oxygens (including phenoxy) is 1. The highest BCUT2D eigenvalue weighted by Gasteiger charge is 2.25. The summed E-state index contributed by atoms with van der Waals surface area (Å²) in [7, 11) is 2.07. The Morgan fingerprint density at radius 3 is 2.68 bits per heavy atom. The van der Waals surface area contributed by atoms with Crippen molar-refractivity contribution >= 4 is 0 Å². The third kappa shape index (κ3) is 2.69. The Kier molecular flexibility index (Phi) is 3.09. The molecule has 0 spiro atoms. The number of hydrogen-bond acceptors (Lipinski definition) is 4. The topological polar surface area (TPSA) is 45.6 Å². The molecule has 3 rings (SSSR count). The molecule has 1 N–H and O–H groups in total. The molecule has 0 amide bonds. The summed E-state index contributed by atoms with van der Waals surface area (Å²) in [5, 5.41) is 9.46. The minimum Gasteiger partial charge on any atom is -0.508 e. The van der Waals surface area contributed by atoms with Crippen molar-refractivity contribution in [2.24, 2.45) is 0 Å². The smallest absolute Gasteiger partial charge is 0.213 e. The fraction of sp³-hybridized carbons (Fsp3) is 0.267. The van der Waals surface area contributed by atoms with E-state index in [0.717, 1.165) is 24.2 Å². The van der Waals surface area contributed by atoms with Crippen molar-refractivity contribution in [1.29, 1.82) is 0 Å². The van der Waals surface area contributed by atoms with Gasteiger partial charge in [-0.3, -0.25) is 4.90 Å². The van der Waals surface area contributed by atoms with Gasteiger partial charge in [0.15, 0.2) is 0 Å². The van der Waals surface area contributed by atoms with Crippen LogP contribution in [0.3, 0.4) is 0 Å². The molecule has 2 aromatic rings. The molecule has 1 aromatic heterocycles. The fourth-order valence-electron chi connectivity index (χ4n) is 2.19. The second kappa shape index (κ2) is 4.90. The zero-order chi connectivity index (χ0) is 13.2. The van der Waals surface area contributed by atoms with Crippen LogP contribution >= 0.6 is 0 Å². The number of rotatable bonds is 3. The first kappa shape index (κ1) is 12.0. The van der Waals surface area contributed by atoms with Crippen LogP contribution in [0.25, 0.3) is 11.1 Å². The van der Waals surface area contributed by atoms with E-state index in [9.17, 15) is 5.11 Å². The quantitative estimate of drug-likeness (QED) is 0.914. The number of likely N-dealkylation sites (tertiary alicyclic amines) is 1. The van der Waals surface area contributed by atoms with Gasteiger partial charge >= 0.3 is 0 Å². The van der Waals surface area contributed by atoms with E-state index in [1.807, 2.05) is 24.3 Å². The average Bonchev–Trinajstić information content (AvgIpc) is 2.38. The number of aromatic hydroxyl groups is 1. The van der Waals surface area contributed by atoms with Crippen molar-refractivity contribution in [3.63, 3.8) is 0 Å². The first-order chi connectivity index (χ1) is 9.20. The van der Waals surface area contributed by atoms with Crippen molar-refractivity contribution in [2.45, 2.75) is 6.10 Å². The van der Waals surface area contributed by atoms with Crippen LogP contribution in [0.5, 0.6) is 11.6 Å². The number of phenols is 1. The molecule has 98 valence electrons. The lowest BCUT2D eigenvalue weighted by Crippen LogP contribution is -2.51. The van der Waals surface area contributed by atoms with Gasteiger partial charge in [0, 0.05) is 30.9 Å². The van der Waals surface area contributed by atoms with Crippen molar-refractivity contribution in [1.82, 2.24) is 9.88 Å². The molecular formula is C15H16N2O2. The van der Waals surface area contributed by atoms with Crippen molar-refractivity contribution < 1.29 is 9.84 Å². The van der Waals surface area contributed by atoms with Gasteiger partial charge in [0.05, 0.1) is 0 Å². The molecule has 0 bridgehead atoms. The largest absolute Gasteiger partial charge is 0.508 e. The van der Waals surface area contributed by atoms with Gasteiger partial charge in [-0.15, -0.1) is 0 Å². The summed E-state index contributed by atoms with van der Waals surface area (Å²) in [5.74, 6) is 0.914. The molecule has 0 unspecified atom stereocenters. The van der Waals surface area contributed by atoms with Crippen molar-refractivity contribution in [3.05, 3.63) is 42.6 Å². The van der Waals surface area contributed by atoms with E-state index >= 15 is 0 Å². The summed E-state index contributed by atoms with van der Waals surface area (Å²) < 4.78 is 5.73. The summed E-state index contributed by atoms with van der Waals surface area (Å²) in [4.78, 5) is 6.51. The maximum Gasteiger partial charge on any atom is 0.213 e. The van der Waals surface area contributed by atoms with Gasteiger partial charge in [0.1, 0.15) is 11.9 Å². The summed E-state index contributed by atoms with van der Waals surface area (Å²) in [6.07, 6.45) is 2.02. The Labute approximate surface area is 112 Å². The van der Waals surface area contributed by atoms with Crippen LogP contribution in [0.2, 0.25) is 0 Å². The van der Waals surface area contributed by atoms with E-state index in [0.29, 0.717) is 5.88 Å². The molecule has 1 aliphatic heterocycles. The SMILES string of the molecule is CN1CC(Oc2ccc(-c3cccc(O)c3)cn2)C1. The molecule has 0 saturated carbocycles. The fourth-order valence-corrected chi connectivity index (χ4v) is 2.19. The van der Waals surface area contributed by atoms with Gasteiger partial charge in [-0.25, -0.2) is 4.98 Å². The summed E-state index contributed by atoms with van der Waals surface area (Å²) in [6, 6.07) is 11.0. The van der Waals surface area contributed by atoms with Crippen molar-refractivity contribution in [3.8, 4) is 22.8 Å². The van der Waals surface area contributed by atoms with Crippen LogP contribution in [0.4, 0.5) is 0 Å². The number of aromatic nitrogens is 1. The number of hydrogen-bond donors (Lipinski definition) is 1.